The molecule has 15 aromatic carbocycles. The van der Waals surface area contributed by atoms with E-state index in [1.54, 1.807) is 0 Å². The third kappa shape index (κ3) is 10.1. The maximum absolute atomic E-state index is 6.10. The number of fused-ring (bicyclic) bond motifs is 13. The lowest BCUT2D eigenvalue weighted by molar-refractivity contribution is 0.828. The summed E-state index contributed by atoms with van der Waals surface area (Å²) in [6.07, 6.45) is 6.37. The molecule has 0 saturated heterocycles. The van der Waals surface area contributed by atoms with Crippen LogP contribution in [-0.4, -0.2) is 10.7 Å². The van der Waals surface area contributed by atoms with Crippen LogP contribution in [0.3, 0.4) is 0 Å². The second kappa shape index (κ2) is 23.8. The molecule has 1 aromatic heterocycles. The molecule has 16 aromatic rings. The zero-order chi connectivity index (χ0) is 63.6. The predicted octanol–water partition coefficient (Wildman–Crippen LogP) is 24.7. The van der Waals surface area contributed by atoms with Crippen molar-refractivity contribution in [2.75, 3.05) is 0 Å². The van der Waals surface area contributed by atoms with Gasteiger partial charge in [-0.3, -0.25) is 4.99 Å². The third-order valence-electron chi connectivity index (χ3n) is 20.2. The van der Waals surface area contributed by atoms with Gasteiger partial charge in [0, 0.05) is 28.2 Å². The zero-order valence-electron chi connectivity index (χ0n) is 53.0. The van der Waals surface area contributed by atoms with Crippen LogP contribution in [0, 0.1) is 0 Å². The van der Waals surface area contributed by atoms with Crippen LogP contribution in [0.15, 0.2) is 357 Å². The van der Waals surface area contributed by atoms with Gasteiger partial charge in [0.05, 0.1) is 23.1 Å². The van der Waals surface area contributed by atoms with Crippen LogP contribution in [0.25, 0.3) is 132 Å². The van der Waals surface area contributed by atoms with Gasteiger partial charge < -0.3 is 0 Å². The fraction of sp³-hybridized carbons (Fsp3) is 0.0426. The summed E-state index contributed by atoms with van der Waals surface area (Å²) in [5, 5.41) is 15.0. The van der Waals surface area contributed by atoms with E-state index in [0.29, 0.717) is 6.42 Å². The minimum absolute atomic E-state index is 0.225. The zero-order valence-corrected chi connectivity index (χ0v) is 53.0. The molecule has 2 heterocycles. The molecule has 1 aliphatic carbocycles. The van der Waals surface area contributed by atoms with Crippen molar-refractivity contribution in [2.24, 2.45) is 4.99 Å². The van der Waals surface area contributed by atoms with Crippen molar-refractivity contribution >= 4 is 81.5 Å². The molecular formula is C94H64N2. The summed E-state index contributed by atoms with van der Waals surface area (Å²) in [6.45, 7) is 5.07. The maximum Gasteiger partial charge on any atom is 0.0967 e. The van der Waals surface area contributed by atoms with E-state index in [0.717, 1.165) is 84.7 Å². The molecule has 0 spiro atoms. The topological polar surface area (TPSA) is 25.2 Å². The van der Waals surface area contributed by atoms with Gasteiger partial charge in [-0.15, -0.1) is 0 Å². The first kappa shape index (κ1) is 56.6. The van der Waals surface area contributed by atoms with Gasteiger partial charge in [-0.25, -0.2) is 4.98 Å². The fourth-order valence-electron chi connectivity index (χ4n) is 15.5. The minimum atomic E-state index is -0.367. The van der Waals surface area contributed by atoms with Crippen LogP contribution >= 0.6 is 0 Å². The quantitative estimate of drug-likeness (QED) is 0.0990. The average molecular weight is 1220 g/mol. The number of hydrogen-bond donors (Lipinski definition) is 0. The lowest BCUT2D eigenvalue weighted by Crippen LogP contribution is -2.09. The fourth-order valence-corrected chi connectivity index (χ4v) is 15.5. The van der Waals surface area contributed by atoms with Gasteiger partial charge in [0.15, 0.2) is 0 Å². The monoisotopic (exact) mass is 1220 g/mol. The summed E-state index contributed by atoms with van der Waals surface area (Å²) >= 11 is 0. The largest absolute Gasteiger partial charge is 0.272 e. The number of aromatic nitrogens is 1. The number of aliphatic imine (C=N–C) groups is 1. The van der Waals surface area contributed by atoms with E-state index in [9.17, 15) is 0 Å². The molecule has 18 rings (SSSR count). The molecule has 0 N–H and O–H groups in total. The van der Waals surface area contributed by atoms with Crippen LogP contribution in [0.2, 0.25) is 0 Å². The first-order chi connectivity index (χ1) is 47.5. The van der Waals surface area contributed by atoms with Gasteiger partial charge in [-0.05, 0) is 192 Å². The Morgan fingerprint density at radius 3 is 1.23 bits per heavy atom. The maximum atomic E-state index is 6.10. The van der Waals surface area contributed by atoms with Crippen molar-refractivity contribution < 1.29 is 0 Å². The molecule has 0 radical (unpaired) electrons. The van der Waals surface area contributed by atoms with Gasteiger partial charge in [0.25, 0.3) is 0 Å². The smallest absolute Gasteiger partial charge is 0.0967 e. The van der Waals surface area contributed by atoms with Crippen LogP contribution in [-0.2, 0) is 6.42 Å². The van der Waals surface area contributed by atoms with E-state index in [-0.39, 0.29) is 12.0 Å². The van der Waals surface area contributed by atoms with Crippen LogP contribution in [0.5, 0.6) is 0 Å². The number of allylic oxidation sites excluding steroid dienone is 4. The highest BCUT2D eigenvalue weighted by molar-refractivity contribution is 6.27. The highest BCUT2D eigenvalue weighted by Crippen LogP contribution is 2.46. The van der Waals surface area contributed by atoms with E-state index < -0.39 is 0 Å². The number of benzene rings is 15. The number of pyridine rings is 1. The van der Waals surface area contributed by atoms with Crippen molar-refractivity contribution in [2.45, 2.75) is 24.8 Å². The highest BCUT2D eigenvalue weighted by atomic mass is 14.8. The Hall–Kier alpha value is -12.1. The molecular weight excluding hydrogens is 1160 g/mol. The molecule has 450 valence electrons. The van der Waals surface area contributed by atoms with Crippen LogP contribution in [0.1, 0.15) is 57.3 Å². The van der Waals surface area contributed by atoms with Gasteiger partial charge in [0.1, 0.15) is 0 Å². The summed E-state index contributed by atoms with van der Waals surface area (Å²) in [5.74, 6) is 0.225. The second-order valence-corrected chi connectivity index (χ2v) is 25.9. The molecule has 0 amide bonds. The second-order valence-electron chi connectivity index (χ2n) is 25.9. The Kier molecular flexibility index (Phi) is 14.0. The van der Waals surface area contributed by atoms with E-state index in [2.05, 4.69) is 340 Å². The molecule has 0 bridgehead atoms. The minimum Gasteiger partial charge on any atom is -0.272 e. The Morgan fingerprint density at radius 1 is 0.292 bits per heavy atom. The predicted molar refractivity (Wildman–Crippen MR) is 407 cm³/mol. The highest BCUT2D eigenvalue weighted by Gasteiger charge is 2.29. The lowest BCUT2D eigenvalue weighted by atomic mass is 9.81. The SMILES string of the molecule is C=C1Cc2c(cc(-c3ccc4c5ccccc5c5ccccc5c4c3)cc2-c2ccc3c4ccccc4c4ccccc4c3c2)C(c2ccc(C3=CC(c4ccccc4)=CC(c4ccccc4)C3)cc2)=NC1c1ccc(-c2cc(-c3ccccc3)nc(-c3ccccc3)c2)cc1. The molecule has 2 atom stereocenters. The van der Waals surface area contributed by atoms with Crippen molar-refractivity contribution in [3.05, 3.63) is 391 Å². The number of nitrogens with zero attached hydrogens (tertiary/aromatic N) is 2. The average Bonchev–Trinajstić information content (AvgIpc) is 1.67. The number of hydrogen-bond acceptors (Lipinski definition) is 2. The van der Waals surface area contributed by atoms with Gasteiger partial charge in [-0.1, -0.05) is 310 Å². The molecule has 0 fully saturated rings. The number of rotatable bonds is 10. The summed E-state index contributed by atoms with van der Waals surface area (Å²) in [4.78, 5) is 11.3. The van der Waals surface area contributed by atoms with E-state index >= 15 is 0 Å². The Labute approximate surface area is 559 Å². The molecule has 2 heteroatoms. The van der Waals surface area contributed by atoms with E-state index in [1.165, 1.54) is 104 Å². The third-order valence-corrected chi connectivity index (χ3v) is 20.2. The van der Waals surface area contributed by atoms with Crippen molar-refractivity contribution in [3.63, 3.8) is 0 Å². The first-order valence-corrected chi connectivity index (χ1v) is 33.4. The van der Waals surface area contributed by atoms with Crippen LogP contribution in [0.4, 0.5) is 0 Å². The molecule has 96 heavy (non-hydrogen) atoms. The lowest BCUT2D eigenvalue weighted by Gasteiger charge is -2.23. The molecule has 2 unspecified atom stereocenters. The summed E-state index contributed by atoms with van der Waals surface area (Å²) in [7, 11) is 0. The van der Waals surface area contributed by atoms with Gasteiger partial charge in [0.2, 0.25) is 0 Å². The Balaban J connectivity index is 0.841. The summed E-state index contributed by atoms with van der Waals surface area (Å²) in [5.41, 5.74) is 23.6. The van der Waals surface area contributed by atoms with Crippen molar-refractivity contribution in [3.8, 4) is 55.9 Å². The molecule has 1 aliphatic heterocycles. The van der Waals surface area contributed by atoms with Gasteiger partial charge in [-0.2, -0.15) is 0 Å². The van der Waals surface area contributed by atoms with E-state index in [4.69, 9.17) is 16.6 Å². The van der Waals surface area contributed by atoms with Gasteiger partial charge >= 0.3 is 0 Å². The Bertz CT molecular complexity index is 5730. The van der Waals surface area contributed by atoms with Crippen LogP contribution < -0.4 is 0 Å². The molecule has 2 aliphatic rings. The normalized spacial score (nSPS) is 14.8. The molecule has 2 nitrogen and oxygen atoms in total. The standard InChI is InChI=1S/C94H64N2/c1-60-50-87-86(70-47-49-85-81-35-17-15-31-77(81)79-33-19-21-37-83(79)89(85)55-70)56-74(69-46-48-84-80-34-16-14-30-76(80)78-32-18-20-36-82(78)88(84)54-69)57-90(87)94(68-44-40-63(41-45-68)73-52-71(61-22-6-2-7-23-61)51-72(53-73)62-24-8-3-9-25-62)96-93(60)67-42-38-64(39-43-67)75-58-91(65-26-10-4-11-27-65)95-92(59-75)66-28-12-5-13-29-66/h2-49,51-52,54-59,72,93H,1,50,53H2. The Morgan fingerprint density at radius 2 is 0.698 bits per heavy atom. The molecule has 0 saturated carbocycles. The van der Waals surface area contributed by atoms with Crippen molar-refractivity contribution in [1.29, 1.82) is 0 Å². The van der Waals surface area contributed by atoms with Crippen molar-refractivity contribution in [1.82, 2.24) is 4.98 Å². The summed E-state index contributed by atoms with van der Waals surface area (Å²) in [6, 6.07) is 120. The van der Waals surface area contributed by atoms with E-state index in [1.807, 2.05) is 0 Å². The first-order valence-electron chi connectivity index (χ1n) is 33.4. The summed E-state index contributed by atoms with van der Waals surface area (Å²) < 4.78 is 0.